The molecule has 4 rings (SSSR count). The molecule has 0 atom stereocenters. The zero-order chi connectivity index (χ0) is 17.1. The summed E-state index contributed by atoms with van der Waals surface area (Å²) in [6.45, 7) is 2.13. The number of nitrogens with one attached hydrogen (secondary N) is 2. The third-order valence-corrected chi connectivity index (χ3v) is 4.66. The molecule has 0 saturated heterocycles. The molecule has 1 fully saturated rings. The molecule has 1 aliphatic heterocycles. The van der Waals surface area contributed by atoms with Crippen LogP contribution in [0, 0.1) is 0 Å². The van der Waals surface area contributed by atoms with Crippen LogP contribution in [0.15, 0.2) is 30.7 Å². The average Bonchev–Trinajstić information content (AvgIpc) is 3.29. The van der Waals surface area contributed by atoms with Gasteiger partial charge in [0.25, 0.3) is 0 Å². The first kappa shape index (κ1) is 15.8. The van der Waals surface area contributed by atoms with Gasteiger partial charge in [0.1, 0.15) is 18.5 Å². The van der Waals surface area contributed by atoms with Gasteiger partial charge in [-0.15, -0.1) is 0 Å². The standard InChI is InChI=1S/C18H22N4O3/c23-18(25-15-3-1-2-4-15)21-13-5-6-17-16(9-13)22(7-8-24-17)11-14-10-19-12-20-14/h5-6,9-10,12,15H,1-4,7-8,11H2,(H,19,20)(H,21,23). The number of rotatable bonds is 4. The van der Waals surface area contributed by atoms with Gasteiger partial charge < -0.3 is 19.4 Å². The van der Waals surface area contributed by atoms with Crippen LogP contribution in [0.25, 0.3) is 0 Å². The smallest absolute Gasteiger partial charge is 0.411 e. The summed E-state index contributed by atoms with van der Waals surface area (Å²) in [6, 6.07) is 5.66. The van der Waals surface area contributed by atoms with Gasteiger partial charge in [-0.2, -0.15) is 0 Å². The van der Waals surface area contributed by atoms with Gasteiger partial charge in [-0.05, 0) is 43.9 Å². The second kappa shape index (κ2) is 7.04. The monoisotopic (exact) mass is 342 g/mol. The number of hydrogen-bond acceptors (Lipinski definition) is 5. The molecule has 132 valence electrons. The molecule has 0 unspecified atom stereocenters. The Morgan fingerprint density at radius 2 is 2.28 bits per heavy atom. The van der Waals surface area contributed by atoms with Crippen molar-refractivity contribution < 1.29 is 14.3 Å². The Hall–Kier alpha value is -2.70. The highest BCUT2D eigenvalue weighted by Gasteiger charge is 2.21. The minimum atomic E-state index is -0.385. The van der Waals surface area contributed by atoms with Gasteiger partial charge in [0.15, 0.2) is 0 Å². The fourth-order valence-corrected chi connectivity index (χ4v) is 3.40. The van der Waals surface area contributed by atoms with Crippen LogP contribution in [0.5, 0.6) is 5.75 Å². The quantitative estimate of drug-likeness (QED) is 0.891. The van der Waals surface area contributed by atoms with Gasteiger partial charge in [0.2, 0.25) is 0 Å². The predicted octanol–water partition coefficient (Wildman–Crippen LogP) is 3.30. The van der Waals surface area contributed by atoms with E-state index >= 15 is 0 Å². The van der Waals surface area contributed by atoms with Crippen molar-refractivity contribution in [1.82, 2.24) is 9.97 Å². The number of aromatic amines is 1. The molecule has 25 heavy (non-hydrogen) atoms. The van der Waals surface area contributed by atoms with Crippen LogP contribution in [0.4, 0.5) is 16.2 Å². The summed E-state index contributed by atoms with van der Waals surface area (Å²) in [5.41, 5.74) is 2.70. The highest BCUT2D eigenvalue weighted by molar-refractivity contribution is 5.86. The molecule has 1 amide bonds. The van der Waals surface area contributed by atoms with E-state index in [1.165, 1.54) is 0 Å². The number of hydrogen-bond donors (Lipinski definition) is 2. The van der Waals surface area contributed by atoms with Gasteiger partial charge in [-0.3, -0.25) is 5.32 Å². The molecule has 1 saturated carbocycles. The molecule has 0 spiro atoms. The molecule has 7 heteroatoms. The topological polar surface area (TPSA) is 79.5 Å². The largest absolute Gasteiger partial charge is 0.490 e. The molecular formula is C18H22N4O3. The van der Waals surface area contributed by atoms with Crippen LogP contribution >= 0.6 is 0 Å². The first-order valence-electron chi connectivity index (χ1n) is 8.74. The van der Waals surface area contributed by atoms with Crippen LogP contribution in [0.1, 0.15) is 31.4 Å². The molecule has 1 aromatic heterocycles. The maximum atomic E-state index is 12.1. The molecule has 2 N–H and O–H groups in total. The van der Waals surface area contributed by atoms with E-state index in [4.69, 9.17) is 9.47 Å². The van der Waals surface area contributed by atoms with Crippen molar-refractivity contribution in [2.45, 2.75) is 38.3 Å². The minimum absolute atomic E-state index is 0.0536. The van der Waals surface area contributed by atoms with Gasteiger partial charge in [-0.1, -0.05) is 0 Å². The number of carbonyl (C=O) groups excluding carboxylic acids is 1. The molecule has 1 aliphatic carbocycles. The van der Waals surface area contributed by atoms with E-state index in [0.717, 1.165) is 49.4 Å². The maximum absolute atomic E-state index is 12.1. The highest BCUT2D eigenvalue weighted by atomic mass is 16.6. The second-order valence-corrected chi connectivity index (χ2v) is 6.47. The predicted molar refractivity (Wildman–Crippen MR) is 93.9 cm³/mol. The summed E-state index contributed by atoms with van der Waals surface area (Å²) in [5, 5.41) is 2.83. The van der Waals surface area contributed by atoms with E-state index in [2.05, 4.69) is 20.2 Å². The maximum Gasteiger partial charge on any atom is 0.411 e. The number of carbonyl (C=O) groups is 1. The first-order chi connectivity index (χ1) is 12.3. The van der Waals surface area contributed by atoms with Gasteiger partial charge in [0, 0.05) is 11.9 Å². The summed E-state index contributed by atoms with van der Waals surface area (Å²) < 4.78 is 11.2. The van der Waals surface area contributed by atoms with Gasteiger partial charge in [0.05, 0.1) is 30.8 Å². The number of imidazole rings is 1. The molecule has 2 aliphatic rings. The van der Waals surface area contributed by atoms with Crippen LogP contribution in [0.3, 0.4) is 0 Å². The van der Waals surface area contributed by atoms with Crippen LogP contribution in [0.2, 0.25) is 0 Å². The Bertz CT molecular complexity index is 726. The van der Waals surface area contributed by atoms with E-state index in [1.54, 1.807) is 6.33 Å². The molecule has 2 heterocycles. The summed E-state index contributed by atoms with van der Waals surface area (Å²) in [4.78, 5) is 21.5. The van der Waals surface area contributed by atoms with Gasteiger partial charge >= 0.3 is 6.09 Å². The lowest BCUT2D eigenvalue weighted by Gasteiger charge is -2.31. The fraction of sp³-hybridized carbons (Fsp3) is 0.444. The normalized spacial score (nSPS) is 17.0. The molecular weight excluding hydrogens is 320 g/mol. The Morgan fingerprint density at radius 3 is 3.08 bits per heavy atom. The van der Waals surface area contributed by atoms with Crippen molar-refractivity contribution in [3.05, 3.63) is 36.4 Å². The Labute approximate surface area is 146 Å². The Morgan fingerprint density at radius 1 is 1.40 bits per heavy atom. The van der Waals surface area contributed by atoms with Gasteiger partial charge in [-0.25, -0.2) is 9.78 Å². The summed E-state index contributed by atoms with van der Waals surface area (Å²) in [7, 11) is 0. The molecule has 0 radical (unpaired) electrons. The SMILES string of the molecule is O=C(Nc1ccc2c(c1)N(Cc1cnc[nH]1)CCO2)OC1CCCC1. The lowest BCUT2D eigenvalue weighted by atomic mass is 10.2. The zero-order valence-electron chi connectivity index (χ0n) is 14.0. The van der Waals surface area contributed by atoms with Crippen LogP contribution in [-0.4, -0.2) is 35.3 Å². The number of benzene rings is 1. The third kappa shape index (κ3) is 3.70. The number of nitrogens with zero attached hydrogens (tertiary/aromatic N) is 2. The van der Waals surface area contributed by atoms with Crippen molar-refractivity contribution in [3.8, 4) is 5.75 Å². The molecule has 7 nitrogen and oxygen atoms in total. The van der Waals surface area contributed by atoms with Crippen molar-refractivity contribution in [2.75, 3.05) is 23.4 Å². The summed E-state index contributed by atoms with van der Waals surface area (Å²) >= 11 is 0. The lowest BCUT2D eigenvalue weighted by Crippen LogP contribution is -2.32. The van der Waals surface area contributed by atoms with Crippen LogP contribution in [-0.2, 0) is 11.3 Å². The van der Waals surface area contributed by atoms with Crippen molar-refractivity contribution in [1.29, 1.82) is 0 Å². The molecule has 1 aromatic carbocycles. The van der Waals surface area contributed by atoms with E-state index in [-0.39, 0.29) is 12.2 Å². The molecule has 2 aromatic rings. The number of H-pyrrole nitrogens is 1. The number of fused-ring (bicyclic) bond motifs is 1. The van der Waals surface area contributed by atoms with Crippen molar-refractivity contribution in [3.63, 3.8) is 0 Å². The van der Waals surface area contributed by atoms with Crippen molar-refractivity contribution >= 4 is 17.5 Å². The number of aromatic nitrogens is 2. The second-order valence-electron chi connectivity index (χ2n) is 6.47. The fourth-order valence-electron chi connectivity index (χ4n) is 3.40. The lowest BCUT2D eigenvalue weighted by molar-refractivity contribution is 0.114. The van der Waals surface area contributed by atoms with E-state index in [1.807, 2.05) is 24.4 Å². The zero-order valence-corrected chi connectivity index (χ0v) is 14.0. The highest BCUT2D eigenvalue weighted by Crippen LogP contribution is 2.35. The van der Waals surface area contributed by atoms with Crippen molar-refractivity contribution in [2.24, 2.45) is 0 Å². The first-order valence-corrected chi connectivity index (χ1v) is 8.74. The van der Waals surface area contributed by atoms with E-state index < -0.39 is 0 Å². The summed E-state index contributed by atoms with van der Waals surface area (Å²) in [6.07, 6.45) is 7.35. The van der Waals surface area contributed by atoms with E-state index in [9.17, 15) is 4.79 Å². The van der Waals surface area contributed by atoms with E-state index in [0.29, 0.717) is 18.8 Å². The molecule has 0 bridgehead atoms. The number of anilines is 2. The Kier molecular flexibility index (Phi) is 4.45. The number of amides is 1. The Balaban J connectivity index is 1.46. The third-order valence-electron chi connectivity index (χ3n) is 4.66. The average molecular weight is 342 g/mol. The minimum Gasteiger partial charge on any atom is -0.490 e. The number of ether oxygens (including phenoxy) is 2. The van der Waals surface area contributed by atoms with Crippen LogP contribution < -0.4 is 15.0 Å². The summed E-state index contributed by atoms with van der Waals surface area (Å²) in [5.74, 6) is 0.820.